The summed E-state index contributed by atoms with van der Waals surface area (Å²) in [5.74, 6) is 0.956. The van der Waals surface area contributed by atoms with E-state index in [1.54, 1.807) is 18.8 Å². The third-order valence-electron chi connectivity index (χ3n) is 3.75. The van der Waals surface area contributed by atoms with Crippen molar-refractivity contribution in [2.75, 3.05) is 31.4 Å². The summed E-state index contributed by atoms with van der Waals surface area (Å²) in [6.07, 6.45) is 2.88. The first kappa shape index (κ1) is 18.3. The Bertz CT molecular complexity index is 562. The van der Waals surface area contributed by atoms with Crippen molar-refractivity contribution in [1.82, 2.24) is 4.31 Å². The molecule has 1 aromatic carbocycles. The Hall–Kier alpha value is -0.720. The van der Waals surface area contributed by atoms with Crippen LogP contribution in [0.5, 0.6) is 0 Å². The minimum Gasteiger partial charge on any atom is -0.388 e. The van der Waals surface area contributed by atoms with Crippen molar-refractivity contribution in [2.24, 2.45) is 0 Å². The molecule has 0 spiro atoms. The van der Waals surface area contributed by atoms with Crippen molar-refractivity contribution >= 4 is 27.5 Å². The average molecular weight is 331 g/mol. The van der Waals surface area contributed by atoms with Gasteiger partial charge in [0.05, 0.1) is 4.90 Å². The fourth-order valence-electron chi connectivity index (χ4n) is 2.35. The number of hydrogen-bond donors (Lipinski definition) is 1. The summed E-state index contributed by atoms with van der Waals surface area (Å²) >= 11 is 1.74. The summed E-state index contributed by atoms with van der Waals surface area (Å²) in [6, 6.07) is 3.74. The van der Waals surface area contributed by atoms with Gasteiger partial charge in [0.1, 0.15) is 0 Å². The lowest BCUT2D eigenvalue weighted by Gasteiger charge is -2.26. The van der Waals surface area contributed by atoms with Crippen LogP contribution in [0, 0.1) is 13.8 Å². The van der Waals surface area contributed by atoms with Crippen LogP contribution in [0.2, 0.25) is 0 Å². The molecule has 0 aromatic heterocycles. The van der Waals surface area contributed by atoms with Gasteiger partial charge < -0.3 is 5.32 Å². The molecule has 0 saturated heterocycles. The van der Waals surface area contributed by atoms with E-state index in [1.807, 2.05) is 46.2 Å². The zero-order valence-corrected chi connectivity index (χ0v) is 15.4. The van der Waals surface area contributed by atoms with E-state index in [0.717, 1.165) is 29.0 Å². The van der Waals surface area contributed by atoms with Crippen LogP contribution in [0.3, 0.4) is 0 Å². The van der Waals surface area contributed by atoms with E-state index in [2.05, 4.69) is 5.32 Å². The molecule has 0 saturated carbocycles. The van der Waals surface area contributed by atoms with Crippen LogP contribution < -0.4 is 5.32 Å². The van der Waals surface area contributed by atoms with Gasteiger partial charge in [0.25, 0.3) is 0 Å². The largest absolute Gasteiger partial charge is 0.388 e. The molecule has 0 heterocycles. The number of rotatable bonds is 7. The molecule has 6 heteroatoms. The lowest BCUT2D eigenvalue weighted by molar-refractivity contribution is 0.382. The second-order valence-electron chi connectivity index (χ2n) is 5.34. The smallest absolute Gasteiger partial charge is 0.243 e. The first-order chi connectivity index (χ1) is 9.75. The predicted molar refractivity (Wildman–Crippen MR) is 92.9 cm³/mol. The fourth-order valence-corrected chi connectivity index (χ4v) is 4.73. The van der Waals surface area contributed by atoms with Crippen molar-refractivity contribution in [1.29, 1.82) is 0 Å². The molecule has 4 nitrogen and oxygen atoms in total. The van der Waals surface area contributed by atoms with Crippen LogP contribution in [0.15, 0.2) is 17.0 Å². The average Bonchev–Trinajstić information content (AvgIpc) is 2.42. The van der Waals surface area contributed by atoms with Crippen LogP contribution >= 0.6 is 11.8 Å². The first-order valence-electron chi connectivity index (χ1n) is 7.01. The van der Waals surface area contributed by atoms with Crippen LogP contribution in [0.4, 0.5) is 5.69 Å². The maximum Gasteiger partial charge on any atom is 0.243 e. The summed E-state index contributed by atoms with van der Waals surface area (Å²) in [6.45, 7) is 5.66. The van der Waals surface area contributed by atoms with Crippen LogP contribution in [0.25, 0.3) is 0 Å². The van der Waals surface area contributed by atoms with Gasteiger partial charge in [-0.15, -0.1) is 0 Å². The third-order valence-corrected chi connectivity index (χ3v) is 6.67. The standard InChI is InChI=1S/C15H26N2O2S2/c1-11-9-14(16-4)10-12(2)15(11)21(18,19)17(5)13(3)7-8-20-6/h9-10,13,16H,7-8H2,1-6H3. The first-order valence-corrected chi connectivity index (χ1v) is 9.85. The second kappa shape index (κ2) is 7.51. The molecule has 1 atom stereocenters. The van der Waals surface area contributed by atoms with Gasteiger partial charge >= 0.3 is 0 Å². The Balaban J connectivity index is 3.19. The van der Waals surface area contributed by atoms with E-state index in [1.165, 1.54) is 4.31 Å². The van der Waals surface area contributed by atoms with E-state index in [-0.39, 0.29) is 6.04 Å². The summed E-state index contributed by atoms with van der Waals surface area (Å²) in [4.78, 5) is 0.431. The topological polar surface area (TPSA) is 49.4 Å². The van der Waals surface area contributed by atoms with Gasteiger partial charge in [-0.05, 0) is 62.5 Å². The molecule has 1 N–H and O–H groups in total. The molecule has 0 amide bonds. The highest BCUT2D eigenvalue weighted by Crippen LogP contribution is 2.28. The van der Waals surface area contributed by atoms with Crippen molar-refractivity contribution < 1.29 is 8.42 Å². The van der Waals surface area contributed by atoms with Crippen LogP contribution in [-0.4, -0.2) is 44.9 Å². The lowest BCUT2D eigenvalue weighted by atomic mass is 10.1. The van der Waals surface area contributed by atoms with Crippen molar-refractivity contribution in [3.8, 4) is 0 Å². The Kier molecular flexibility index (Phi) is 6.56. The maximum atomic E-state index is 12.9. The fraction of sp³-hybridized carbons (Fsp3) is 0.600. The molecule has 0 radical (unpaired) electrons. The number of hydrogen-bond acceptors (Lipinski definition) is 4. The van der Waals surface area contributed by atoms with Crippen LogP contribution in [0.1, 0.15) is 24.5 Å². The Morgan fingerprint density at radius 2 is 1.81 bits per heavy atom. The van der Waals surface area contributed by atoms with Crippen molar-refractivity contribution in [3.05, 3.63) is 23.3 Å². The van der Waals surface area contributed by atoms with Gasteiger partial charge in [0, 0.05) is 25.8 Å². The molecule has 21 heavy (non-hydrogen) atoms. The number of sulfonamides is 1. The van der Waals surface area contributed by atoms with Gasteiger partial charge in [0.2, 0.25) is 10.0 Å². The molecular formula is C15H26N2O2S2. The molecule has 1 aromatic rings. The molecule has 1 unspecified atom stereocenters. The number of thioether (sulfide) groups is 1. The van der Waals surface area contributed by atoms with Crippen molar-refractivity contribution in [3.63, 3.8) is 0 Å². The van der Waals surface area contributed by atoms with Crippen LogP contribution in [-0.2, 0) is 10.0 Å². The molecular weight excluding hydrogens is 304 g/mol. The Morgan fingerprint density at radius 1 is 1.29 bits per heavy atom. The van der Waals surface area contributed by atoms with Crippen molar-refractivity contribution in [2.45, 2.75) is 38.1 Å². The second-order valence-corrected chi connectivity index (χ2v) is 8.26. The molecule has 0 bridgehead atoms. The van der Waals surface area contributed by atoms with E-state index in [4.69, 9.17) is 0 Å². The van der Waals surface area contributed by atoms with Gasteiger partial charge in [-0.1, -0.05) is 0 Å². The number of nitrogens with zero attached hydrogens (tertiary/aromatic N) is 1. The SMILES string of the molecule is CNc1cc(C)c(S(=O)(=O)N(C)C(C)CCSC)c(C)c1. The summed E-state index contributed by atoms with van der Waals surface area (Å²) in [5, 5.41) is 3.06. The highest BCUT2D eigenvalue weighted by atomic mass is 32.2. The Labute approximate surface area is 133 Å². The summed E-state index contributed by atoms with van der Waals surface area (Å²) in [5.41, 5.74) is 2.49. The van der Waals surface area contributed by atoms with Gasteiger partial charge in [-0.3, -0.25) is 0 Å². The third kappa shape index (κ3) is 4.14. The molecule has 120 valence electrons. The zero-order valence-electron chi connectivity index (χ0n) is 13.7. The molecule has 0 aliphatic rings. The number of nitrogens with one attached hydrogen (secondary N) is 1. The number of aryl methyl sites for hydroxylation is 2. The number of benzene rings is 1. The Morgan fingerprint density at radius 3 is 2.24 bits per heavy atom. The lowest BCUT2D eigenvalue weighted by Crippen LogP contribution is -2.36. The van der Waals surface area contributed by atoms with E-state index in [9.17, 15) is 8.42 Å². The minimum atomic E-state index is -3.46. The number of anilines is 1. The predicted octanol–water partition coefficient (Wildman–Crippen LogP) is 3.11. The molecule has 0 aliphatic carbocycles. The van der Waals surface area contributed by atoms with E-state index < -0.39 is 10.0 Å². The molecule has 0 fully saturated rings. The monoisotopic (exact) mass is 330 g/mol. The van der Waals surface area contributed by atoms with Gasteiger partial charge in [-0.2, -0.15) is 16.1 Å². The summed E-state index contributed by atoms with van der Waals surface area (Å²) < 4.78 is 27.3. The van der Waals surface area contributed by atoms with Gasteiger partial charge in [-0.25, -0.2) is 8.42 Å². The van der Waals surface area contributed by atoms with Gasteiger partial charge in [0.15, 0.2) is 0 Å². The van der Waals surface area contributed by atoms with E-state index >= 15 is 0 Å². The molecule has 1 rings (SSSR count). The highest BCUT2D eigenvalue weighted by Gasteiger charge is 2.28. The highest BCUT2D eigenvalue weighted by molar-refractivity contribution is 7.98. The molecule has 0 aliphatic heterocycles. The normalized spacial score (nSPS) is 13.5. The summed E-state index contributed by atoms with van der Waals surface area (Å²) in [7, 11) is 0.0455. The maximum absolute atomic E-state index is 12.9. The minimum absolute atomic E-state index is 0.00905. The van der Waals surface area contributed by atoms with E-state index in [0.29, 0.717) is 4.90 Å². The zero-order chi connectivity index (χ0) is 16.2. The quantitative estimate of drug-likeness (QED) is 0.834.